The van der Waals surface area contributed by atoms with Gasteiger partial charge < -0.3 is 4.42 Å². The van der Waals surface area contributed by atoms with Crippen LogP contribution in [-0.2, 0) is 4.79 Å². The van der Waals surface area contributed by atoms with Gasteiger partial charge >= 0.3 is 0 Å². The Morgan fingerprint density at radius 1 is 1.26 bits per heavy atom. The number of nitrogens with zero attached hydrogens (tertiary/aromatic N) is 1. The Labute approximate surface area is 113 Å². The summed E-state index contributed by atoms with van der Waals surface area (Å²) in [5, 5.41) is 3.33. The Bertz CT molecular complexity index is 696. The molecule has 5 heteroatoms. The molecule has 1 N–H and O–H groups in total. The van der Waals surface area contributed by atoms with Crippen LogP contribution in [0.3, 0.4) is 0 Å². The highest BCUT2D eigenvalue weighted by Gasteiger charge is 2.05. The molecular formula is C14H10N2O2S. The quantitative estimate of drug-likeness (QED) is 0.740. The van der Waals surface area contributed by atoms with Gasteiger partial charge in [0.1, 0.15) is 5.76 Å². The first-order valence-electron chi connectivity index (χ1n) is 5.69. The van der Waals surface area contributed by atoms with E-state index in [1.807, 2.05) is 24.3 Å². The lowest BCUT2D eigenvalue weighted by atomic mass is 10.3. The van der Waals surface area contributed by atoms with Gasteiger partial charge in [0.05, 0.1) is 16.5 Å². The predicted molar refractivity (Wildman–Crippen MR) is 76.0 cm³/mol. The van der Waals surface area contributed by atoms with Crippen LogP contribution in [0, 0.1) is 0 Å². The largest absolute Gasteiger partial charge is 0.465 e. The number of aromatic nitrogens is 1. The Kier molecular flexibility index (Phi) is 3.12. The van der Waals surface area contributed by atoms with Gasteiger partial charge in [-0.25, -0.2) is 4.98 Å². The summed E-state index contributed by atoms with van der Waals surface area (Å²) in [6.07, 6.45) is 4.60. The fourth-order valence-corrected chi connectivity index (χ4v) is 2.49. The molecule has 0 spiro atoms. The summed E-state index contributed by atoms with van der Waals surface area (Å²) in [6.45, 7) is 0. The maximum Gasteiger partial charge on any atom is 0.250 e. The van der Waals surface area contributed by atoms with E-state index >= 15 is 0 Å². The molecule has 1 amide bonds. The van der Waals surface area contributed by atoms with Crippen molar-refractivity contribution in [3.63, 3.8) is 0 Å². The normalized spacial score (nSPS) is 11.2. The summed E-state index contributed by atoms with van der Waals surface area (Å²) in [5.41, 5.74) is 0.887. The third-order valence-electron chi connectivity index (χ3n) is 2.47. The number of nitrogens with one attached hydrogen (secondary N) is 1. The molecule has 1 aromatic carbocycles. The number of amides is 1. The SMILES string of the molecule is O=C(C=Cc1ccco1)Nc1nc2ccccc2s1. The highest BCUT2D eigenvalue weighted by molar-refractivity contribution is 7.22. The molecule has 0 aliphatic heterocycles. The number of hydrogen-bond donors (Lipinski definition) is 1. The van der Waals surface area contributed by atoms with Crippen molar-refractivity contribution in [2.75, 3.05) is 5.32 Å². The summed E-state index contributed by atoms with van der Waals surface area (Å²) in [5.74, 6) is 0.412. The van der Waals surface area contributed by atoms with Crippen LogP contribution in [0.25, 0.3) is 16.3 Å². The number of furan rings is 1. The Balaban J connectivity index is 1.72. The second kappa shape index (κ2) is 5.07. The molecule has 19 heavy (non-hydrogen) atoms. The maximum atomic E-state index is 11.7. The molecule has 2 heterocycles. The van der Waals surface area contributed by atoms with E-state index in [0.29, 0.717) is 10.9 Å². The number of hydrogen-bond acceptors (Lipinski definition) is 4. The third-order valence-corrected chi connectivity index (χ3v) is 3.42. The van der Waals surface area contributed by atoms with E-state index in [9.17, 15) is 4.79 Å². The van der Waals surface area contributed by atoms with Crippen molar-refractivity contribution >= 4 is 38.7 Å². The molecule has 3 rings (SSSR count). The van der Waals surface area contributed by atoms with Crippen LogP contribution >= 0.6 is 11.3 Å². The van der Waals surface area contributed by atoms with E-state index in [4.69, 9.17) is 4.42 Å². The number of fused-ring (bicyclic) bond motifs is 1. The lowest BCUT2D eigenvalue weighted by Crippen LogP contribution is -2.07. The molecule has 0 bridgehead atoms. The van der Waals surface area contributed by atoms with Crippen molar-refractivity contribution in [1.29, 1.82) is 0 Å². The highest BCUT2D eigenvalue weighted by Crippen LogP contribution is 2.25. The molecule has 0 aliphatic carbocycles. The van der Waals surface area contributed by atoms with Gasteiger partial charge in [-0.2, -0.15) is 0 Å². The molecule has 2 aromatic heterocycles. The topological polar surface area (TPSA) is 55.1 Å². The summed E-state index contributed by atoms with van der Waals surface area (Å²) in [4.78, 5) is 16.0. The van der Waals surface area contributed by atoms with Crippen LogP contribution in [0.5, 0.6) is 0 Å². The maximum absolute atomic E-state index is 11.7. The van der Waals surface area contributed by atoms with Crippen LogP contribution in [0.15, 0.2) is 53.2 Å². The molecule has 0 atom stereocenters. The minimum Gasteiger partial charge on any atom is -0.465 e. The number of carbonyl (C=O) groups excluding carboxylic acids is 1. The average Bonchev–Trinajstić information content (AvgIpc) is 3.04. The number of para-hydroxylation sites is 1. The van der Waals surface area contributed by atoms with Crippen molar-refractivity contribution in [2.45, 2.75) is 0 Å². The smallest absolute Gasteiger partial charge is 0.250 e. The van der Waals surface area contributed by atoms with Crippen LogP contribution in [-0.4, -0.2) is 10.9 Å². The average molecular weight is 270 g/mol. The van der Waals surface area contributed by atoms with E-state index < -0.39 is 0 Å². The van der Waals surface area contributed by atoms with Gasteiger partial charge in [-0.3, -0.25) is 10.1 Å². The number of anilines is 1. The first kappa shape index (κ1) is 11.7. The molecule has 0 unspecified atom stereocenters. The van der Waals surface area contributed by atoms with Crippen LogP contribution in [0.1, 0.15) is 5.76 Å². The summed E-state index contributed by atoms with van der Waals surface area (Å²) in [6, 6.07) is 11.3. The number of carbonyl (C=O) groups is 1. The summed E-state index contributed by atoms with van der Waals surface area (Å²) in [7, 11) is 0. The van der Waals surface area contributed by atoms with Gasteiger partial charge in [-0.15, -0.1) is 0 Å². The lowest BCUT2D eigenvalue weighted by Gasteiger charge is -1.94. The van der Waals surface area contributed by atoms with Crippen molar-refractivity contribution in [1.82, 2.24) is 4.98 Å². The minimum absolute atomic E-state index is 0.226. The zero-order valence-electron chi connectivity index (χ0n) is 9.87. The molecule has 4 nitrogen and oxygen atoms in total. The molecule has 0 fully saturated rings. The molecule has 3 aromatic rings. The number of thiazole rings is 1. The van der Waals surface area contributed by atoms with Crippen LogP contribution < -0.4 is 5.32 Å². The van der Waals surface area contributed by atoms with E-state index in [1.165, 1.54) is 17.4 Å². The van der Waals surface area contributed by atoms with Gasteiger partial charge in [-0.1, -0.05) is 23.5 Å². The Hall–Kier alpha value is -2.40. The lowest BCUT2D eigenvalue weighted by molar-refractivity contribution is -0.111. The van der Waals surface area contributed by atoms with Gasteiger partial charge in [0.2, 0.25) is 5.91 Å². The Morgan fingerprint density at radius 3 is 2.95 bits per heavy atom. The molecule has 0 saturated heterocycles. The third kappa shape index (κ3) is 2.71. The van der Waals surface area contributed by atoms with Gasteiger partial charge in [0.25, 0.3) is 0 Å². The predicted octanol–water partition coefficient (Wildman–Crippen LogP) is 3.54. The fourth-order valence-electron chi connectivity index (χ4n) is 1.62. The molecule has 94 valence electrons. The molecule has 0 saturated carbocycles. The standard InChI is InChI=1S/C14H10N2O2S/c17-13(8-7-10-4-3-9-18-10)16-14-15-11-5-1-2-6-12(11)19-14/h1-9H,(H,15,16,17). The van der Waals surface area contributed by atoms with Crippen molar-refractivity contribution in [3.05, 3.63) is 54.5 Å². The zero-order chi connectivity index (χ0) is 13.1. The zero-order valence-corrected chi connectivity index (χ0v) is 10.7. The van der Waals surface area contributed by atoms with Crippen molar-refractivity contribution in [3.8, 4) is 0 Å². The fraction of sp³-hybridized carbons (Fsp3) is 0. The van der Waals surface area contributed by atoms with E-state index in [-0.39, 0.29) is 5.91 Å². The van der Waals surface area contributed by atoms with Crippen LogP contribution in [0.4, 0.5) is 5.13 Å². The minimum atomic E-state index is -0.226. The monoisotopic (exact) mass is 270 g/mol. The Morgan fingerprint density at radius 2 is 2.16 bits per heavy atom. The summed E-state index contributed by atoms with van der Waals surface area (Å²) < 4.78 is 6.15. The van der Waals surface area contributed by atoms with Gasteiger partial charge in [0.15, 0.2) is 5.13 Å². The first-order valence-corrected chi connectivity index (χ1v) is 6.51. The van der Waals surface area contributed by atoms with Crippen molar-refractivity contribution in [2.24, 2.45) is 0 Å². The highest BCUT2D eigenvalue weighted by atomic mass is 32.1. The first-order chi connectivity index (χ1) is 9.31. The molecule has 0 aliphatic rings. The summed E-state index contributed by atoms with van der Waals surface area (Å²) >= 11 is 1.45. The second-order valence-electron chi connectivity index (χ2n) is 3.82. The number of benzene rings is 1. The van der Waals surface area contributed by atoms with Crippen molar-refractivity contribution < 1.29 is 9.21 Å². The van der Waals surface area contributed by atoms with E-state index in [0.717, 1.165) is 10.2 Å². The van der Waals surface area contributed by atoms with Gasteiger partial charge in [-0.05, 0) is 30.3 Å². The molecular weight excluding hydrogens is 260 g/mol. The van der Waals surface area contributed by atoms with Gasteiger partial charge in [0, 0.05) is 6.08 Å². The second-order valence-corrected chi connectivity index (χ2v) is 4.86. The molecule has 0 radical (unpaired) electrons. The number of rotatable bonds is 3. The van der Waals surface area contributed by atoms with E-state index in [2.05, 4.69) is 10.3 Å². The van der Waals surface area contributed by atoms with Crippen LogP contribution in [0.2, 0.25) is 0 Å². The van der Waals surface area contributed by atoms with E-state index in [1.54, 1.807) is 24.5 Å².